The fourth-order valence-electron chi connectivity index (χ4n) is 3.16. The van der Waals surface area contributed by atoms with Crippen LogP contribution in [0.2, 0.25) is 0 Å². The molecular formula is C12H22BrNO2S. The van der Waals surface area contributed by atoms with E-state index in [1.165, 1.54) is 25.7 Å². The number of sulfone groups is 1. The Morgan fingerprint density at radius 3 is 2.53 bits per heavy atom. The fraction of sp³-hybridized carbons (Fsp3) is 1.00. The van der Waals surface area contributed by atoms with E-state index in [4.69, 9.17) is 0 Å². The standard InChI is InChI=1S/C12H22BrNO2S/c1-11-8-17(15,16)7-6-14(11)10-12(9-13)4-2-3-5-12/h11H,2-10H2,1H3. The predicted octanol–water partition coefficient (Wildman–Crippen LogP) is 2.06. The highest BCUT2D eigenvalue weighted by Gasteiger charge is 2.38. The maximum absolute atomic E-state index is 11.6. The molecule has 1 aliphatic carbocycles. The van der Waals surface area contributed by atoms with Crippen LogP contribution in [0.15, 0.2) is 0 Å². The second-order valence-electron chi connectivity index (χ2n) is 5.77. The largest absolute Gasteiger partial charge is 0.298 e. The highest BCUT2D eigenvalue weighted by atomic mass is 79.9. The first-order valence-corrected chi connectivity index (χ1v) is 9.41. The van der Waals surface area contributed by atoms with Crippen molar-refractivity contribution in [2.75, 3.05) is 29.9 Å². The van der Waals surface area contributed by atoms with Crippen molar-refractivity contribution in [3.05, 3.63) is 0 Å². The van der Waals surface area contributed by atoms with Crippen LogP contribution in [0.1, 0.15) is 32.6 Å². The molecule has 100 valence electrons. The monoisotopic (exact) mass is 323 g/mol. The van der Waals surface area contributed by atoms with Gasteiger partial charge in [-0.1, -0.05) is 28.8 Å². The summed E-state index contributed by atoms with van der Waals surface area (Å²) in [6.45, 7) is 3.83. The summed E-state index contributed by atoms with van der Waals surface area (Å²) in [5, 5.41) is 1.05. The molecule has 3 nitrogen and oxygen atoms in total. The average Bonchev–Trinajstić information content (AvgIpc) is 2.71. The zero-order chi connectivity index (χ0) is 12.5. The quantitative estimate of drug-likeness (QED) is 0.746. The van der Waals surface area contributed by atoms with Crippen LogP contribution < -0.4 is 0 Å². The predicted molar refractivity (Wildman–Crippen MR) is 74.4 cm³/mol. The Morgan fingerprint density at radius 1 is 1.35 bits per heavy atom. The van der Waals surface area contributed by atoms with Crippen LogP contribution in [0.5, 0.6) is 0 Å². The van der Waals surface area contributed by atoms with Gasteiger partial charge in [0.05, 0.1) is 11.5 Å². The van der Waals surface area contributed by atoms with Gasteiger partial charge in [0.1, 0.15) is 0 Å². The van der Waals surface area contributed by atoms with Gasteiger partial charge in [-0.2, -0.15) is 0 Å². The minimum absolute atomic E-state index is 0.185. The third kappa shape index (κ3) is 3.24. The Kier molecular flexibility index (Phi) is 4.20. The molecule has 2 aliphatic rings. The van der Waals surface area contributed by atoms with Crippen LogP contribution in [-0.4, -0.2) is 49.3 Å². The normalized spacial score (nSPS) is 32.7. The number of hydrogen-bond donors (Lipinski definition) is 0. The van der Waals surface area contributed by atoms with E-state index in [2.05, 4.69) is 20.8 Å². The van der Waals surface area contributed by atoms with Crippen molar-refractivity contribution < 1.29 is 8.42 Å². The first kappa shape index (κ1) is 13.8. The Labute approximate surface area is 113 Å². The van der Waals surface area contributed by atoms with Crippen LogP contribution >= 0.6 is 15.9 Å². The van der Waals surface area contributed by atoms with Crippen molar-refractivity contribution >= 4 is 25.8 Å². The van der Waals surface area contributed by atoms with Crippen molar-refractivity contribution in [1.82, 2.24) is 4.90 Å². The van der Waals surface area contributed by atoms with E-state index in [1.54, 1.807) is 0 Å². The van der Waals surface area contributed by atoms with Gasteiger partial charge in [-0.15, -0.1) is 0 Å². The summed E-state index contributed by atoms with van der Waals surface area (Å²) >= 11 is 3.66. The summed E-state index contributed by atoms with van der Waals surface area (Å²) in [4.78, 5) is 2.38. The van der Waals surface area contributed by atoms with Crippen molar-refractivity contribution in [3.8, 4) is 0 Å². The van der Waals surface area contributed by atoms with Gasteiger partial charge in [0.2, 0.25) is 0 Å². The molecule has 5 heteroatoms. The molecule has 1 saturated heterocycles. The van der Waals surface area contributed by atoms with Gasteiger partial charge in [-0.25, -0.2) is 8.42 Å². The van der Waals surface area contributed by atoms with Crippen molar-refractivity contribution in [2.24, 2.45) is 5.41 Å². The minimum Gasteiger partial charge on any atom is -0.298 e. The molecule has 1 heterocycles. The maximum atomic E-state index is 11.6. The fourth-order valence-corrected chi connectivity index (χ4v) is 5.52. The van der Waals surface area contributed by atoms with Gasteiger partial charge in [0, 0.05) is 24.5 Å². The number of nitrogens with zero attached hydrogens (tertiary/aromatic N) is 1. The molecule has 1 unspecified atom stereocenters. The maximum Gasteiger partial charge on any atom is 0.153 e. The number of rotatable bonds is 3. The molecule has 0 aromatic rings. The van der Waals surface area contributed by atoms with E-state index in [0.717, 1.165) is 18.4 Å². The highest BCUT2D eigenvalue weighted by Crippen LogP contribution is 2.40. The summed E-state index contributed by atoms with van der Waals surface area (Å²) in [6.07, 6.45) is 5.22. The lowest BCUT2D eigenvalue weighted by Crippen LogP contribution is -2.51. The molecular weight excluding hydrogens is 302 g/mol. The lowest BCUT2D eigenvalue weighted by Gasteiger charge is -2.39. The second-order valence-corrected chi connectivity index (χ2v) is 8.56. The number of alkyl halides is 1. The third-order valence-corrected chi connectivity index (χ3v) is 7.28. The summed E-state index contributed by atoms with van der Waals surface area (Å²) in [5.74, 6) is 0.682. The number of hydrogen-bond acceptors (Lipinski definition) is 3. The zero-order valence-electron chi connectivity index (χ0n) is 10.5. The molecule has 2 fully saturated rings. The molecule has 0 radical (unpaired) electrons. The molecule has 0 N–H and O–H groups in total. The summed E-state index contributed by atoms with van der Waals surface area (Å²) in [6, 6.07) is 0.185. The van der Waals surface area contributed by atoms with Gasteiger partial charge < -0.3 is 0 Å². The zero-order valence-corrected chi connectivity index (χ0v) is 12.9. The molecule has 1 saturated carbocycles. The third-order valence-electron chi connectivity index (χ3n) is 4.29. The molecule has 2 rings (SSSR count). The summed E-state index contributed by atoms with van der Waals surface area (Å²) in [7, 11) is -2.78. The van der Waals surface area contributed by atoms with Crippen molar-refractivity contribution in [1.29, 1.82) is 0 Å². The average molecular weight is 324 g/mol. The lowest BCUT2D eigenvalue weighted by atomic mass is 9.87. The van der Waals surface area contributed by atoms with Crippen molar-refractivity contribution in [3.63, 3.8) is 0 Å². The first-order valence-electron chi connectivity index (χ1n) is 6.47. The number of halogens is 1. The smallest absolute Gasteiger partial charge is 0.153 e. The van der Waals surface area contributed by atoms with Crippen LogP contribution in [0.4, 0.5) is 0 Å². The Balaban J connectivity index is 1.99. The van der Waals surface area contributed by atoms with Gasteiger partial charge in [0.15, 0.2) is 9.84 Å². The summed E-state index contributed by atoms with van der Waals surface area (Å²) < 4.78 is 23.1. The Bertz CT molecular complexity index is 363. The lowest BCUT2D eigenvalue weighted by molar-refractivity contribution is 0.143. The molecule has 1 aliphatic heterocycles. The van der Waals surface area contributed by atoms with Crippen LogP contribution in [-0.2, 0) is 9.84 Å². The second kappa shape index (κ2) is 5.17. The molecule has 0 aromatic heterocycles. The summed E-state index contributed by atoms with van der Waals surface area (Å²) in [5.41, 5.74) is 0.398. The van der Waals surface area contributed by atoms with E-state index < -0.39 is 9.84 Å². The highest BCUT2D eigenvalue weighted by molar-refractivity contribution is 9.09. The van der Waals surface area contributed by atoms with E-state index in [9.17, 15) is 8.42 Å². The van der Waals surface area contributed by atoms with E-state index >= 15 is 0 Å². The Morgan fingerprint density at radius 2 is 2.00 bits per heavy atom. The van der Waals surface area contributed by atoms with Crippen LogP contribution in [0.3, 0.4) is 0 Å². The van der Waals surface area contributed by atoms with E-state index in [1.807, 2.05) is 6.92 Å². The van der Waals surface area contributed by atoms with Gasteiger partial charge >= 0.3 is 0 Å². The van der Waals surface area contributed by atoms with E-state index in [0.29, 0.717) is 16.9 Å². The minimum atomic E-state index is -2.78. The molecule has 0 aromatic carbocycles. The topological polar surface area (TPSA) is 37.4 Å². The van der Waals surface area contributed by atoms with Crippen molar-refractivity contribution in [2.45, 2.75) is 38.6 Å². The molecule has 1 atom stereocenters. The van der Waals surface area contributed by atoms with Gasteiger partial charge in [-0.3, -0.25) is 4.90 Å². The molecule has 0 bridgehead atoms. The molecule has 0 amide bonds. The molecule has 17 heavy (non-hydrogen) atoms. The van der Waals surface area contributed by atoms with Crippen LogP contribution in [0.25, 0.3) is 0 Å². The first-order chi connectivity index (χ1) is 7.96. The molecule has 0 spiro atoms. The van der Waals surface area contributed by atoms with Crippen LogP contribution in [0, 0.1) is 5.41 Å². The van der Waals surface area contributed by atoms with Gasteiger partial charge in [-0.05, 0) is 25.2 Å². The SMILES string of the molecule is CC1CS(=O)(=O)CCN1CC1(CBr)CCCC1. The Hall–Kier alpha value is 0.390. The van der Waals surface area contributed by atoms with E-state index in [-0.39, 0.29) is 6.04 Å². The van der Waals surface area contributed by atoms with Gasteiger partial charge in [0.25, 0.3) is 0 Å².